The zero-order valence-electron chi connectivity index (χ0n) is 17.3. The lowest BCUT2D eigenvalue weighted by Crippen LogP contribution is -2.41. The Morgan fingerprint density at radius 2 is 2.07 bits per heavy atom. The molecule has 0 spiro atoms. The average Bonchev–Trinajstić information content (AvgIpc) is 3.13. The molecule has 2 saturated heterocycles. The third kappa shape index (κ3) is 3.84. The Balaban J connectivity index is 1.46. The number of carbonyl (C=O) groups excluding carboxylic acids is 3. The summed E-state index contributed by atoms with van der Waals surface area (Å²) in [5.41, 5.74) is 1.95. The zero-order chi connectivity index (χ0) is 20.5. The fourth-order valence-electron chi connectivity index (χ4n) is 4.76. The number of piperidine rings is 1. The number of rotatable bonds is 3. The van der Waals surface area contributed by atoms with Crippen LogP contribution < -0.4 is 0 Å². The van der Waals surface area contributed by atoms with Gasteiger partial charge in [0.25, 0.3) is 0 Å². The summed E-state index contributed by atoms with van der Waals surface area (Å²) in [4.78, 5) is 51.7. The molecule has 2 atom stereocenters. The Morgan fingerprint density at radius 1 is 1.24 bits per heavy atom. The van der Waals surface area contributed by atoms with Gasteiger partial charge in [0.1, 0.15) is 0 Å². The van der Waals surface area contributed by atoms with Crippen LogP contribution in [0.2, 0.25) is 0 Å². The summed E-state index contributed by atoms with van der Waals surface area (Å²) >= 11 is 0. The highest BCUT2D eigenvalue weighted by Gasteiger charge is 2.37. The molecule has 0 aromatic carbocycles. The number of likely N-dealkylation sites (tertiary alicyclic amines) is 2. The Hall–Kier alpha value is -2.51. The van der Waals surface area contributed by atoms with Crippen molar-refractivity contribution >= 4 is 17.7 Å². The van der Waals surface area contributed by atoms with E-state index in [-0.39, 0.29) is 29.7 Å². The van der Waals surface area contributed by atoms with E-state index in [1.54, 1.807) is 11.8 Å². The maximum Gasteiger partial charge on any atom is 0.228 e. The van der Waals surface area contributed by atoms with Crippen LogP contribution in [-0.4, -0.2) is 68.6 Å². The van der Waals surface area contributed by atoms with Crippen molar-refractivity contribution in [1.29, 1.82) is 0 Å². The van der Waals surface area contributed by atoms with Crippen LogP contribution in [0.4, 0.5) is 0 Å². The highest BCUT2D eigenvalue weighted by atomic mass is 16.2. The predicted molar refractivity (Wildman–Crippen MR) is 105 cm³/mol. The highest BCUT2D eigenvalue weighted by Crippen LogP contribution is 2.30. The molecule has 0 bridgehead atoms. The van der Waals surface area contributed by atoms with Gasteiger partial charge in [-0.05, 0) is 26.2 Å². The molecular formula is C21H29N5O3. The van der Waals surface area contributed by atoms with Gasteiger partial charge >= 0.3 is 0 Å². The lowest BCUT2D eigenvalue weighted by molar-refractivity contribution is -0.136. The summed E-state index contributed by atoms with van der Waals surface area (Å²) in [5.74, 6) is 0.673. The first-order valence-corrected chi connectivity index (χ1v) is 10.7. The van der Waals surface area contributed by atoms with E-state index in [0.29, 0.717) is 39.0 Å². The summed E-state index contributed by atoms with van der Waals surface area (Å²) in [6, 6.07) is -0.0456. The molecule has 8 heteroatoms. The van der Waals surface area contributed by atoms with Crippen molar-refractivity contribution in [3.63, 3.8) is 0 Å². The molecule has 0 unspecified atom stereocenters. The molecule has 1 aromatic heterocycles. The van der Waals surface area contributed by atoms with Gasteiger partial charge in [-0.15, -0.1) is 0 Å². The van der Waals surface area contributed by atoms with Crippen molar-refractivity contribution < 1.29 is 14.4 Å². The Morgan fingerprint density at radius 3 is 2.79 bits per heavy atom. The summed E-state index contributed by atoms with van der Waals surface area (Å²) in [7, 11) is 0. The fraction of sp³-hybridized carbons (Fsp3) is 0.667. The summed E-state index contributed by atoms with van der Waals surface area (Å²) in [6.07, 6.45) is 5.81. The van der Waals surface area contributed by atoms with E-state index < -0.39 is 0 Å². The molecule has 0 radical (unpaired) electrons. The van der Waals surface area contributed by atoms with Gasteiger partial charge in [-0.1, -0.05) is 0 Å². The summed E-state index contributed by atoms with van der Waals surface area (Å²) < 4.78 is 0. The van der Waals surface area contributed by atoms with Crippen LogP contribution in [-0.2, 0) is 27.3 Å². The fourth-order valence-corrected chi connectivity index (χ4v) is 4.76. The minimum Gasteiger partial charge on any atom is -0.342 e. The van der Waals surface area contributed by atoms with Crippen molar-refractivity contribution in [2.75, 3.05) is 26.2 Å². The van der Waals surface area contributed by atoms with Crippen LogP contribution in [0.15, 0.2) is 6.20 Å². The molecule has 4 rings (SSSR count). The SMILES string of the molecule is CCN1C[C@H](C(=O)N2CCc3nc([C@@H]4CCCCN4C(C)=O)ncc3C2)CC1=O. The molecule has 8 nitrogen and oxygen atoms in total. The molecule has 3 aliphatic rings. The smallest absolute Gasteiger partial charge is 0.228 e. The van der Waals surface area contributed by atoms with Crippen molar-refractivity contribution in [2.24, 2.45) is 5.92 Å². The standard InChI is InChI=1S/C21H29N5O3/c1-3-24-12-15(10-19(24)28)21(29)25-9-7-17-16(13-25)11-22-20(23-17)18-6-4-5-8-26(18)14(2)27/h11,15,18H,3-10,12-13H2,1-2H3/t15-,18+/m1/s1. The number of nitrogens with zero attached hydrogens (tertiary/aromatic N) is 5. The Kier molecular flexibility index (Phi) is 5.52. The average molecular weight is 399 g/mol. The van der Waals surface area contributed by atoms with Crippen LogP contribution in [0, 0.1) is 5.92 Å². The van der Waals surface area contributed by atoms with Gasteiger partial charge < -0.3 is 14.7 Å². The van der Waals surface area contributed by atoms with E-state index in [1.165, 1.54) is 0 Å². The topological polar surface area (TPSA) is 86.7 Å². The van der Waals surface area contributed by atoms with E-state index in [9.17, 15) is 14.4 Å². The maximum atomic E-state index is 12.9. The first-order valence-electron chi connectivity index (χ1n) is 10.7. The van der Waals surface area contributed by atoms with Crippen LogP contribution in [0.25, 0.3) is 0 Å². The van der Waals surface area contributed by atoms with Crippen LogP contribution in [0.1, 0.15) is 62.7 Å². The van der Waals surface area contributed by atoms with Crippen molar-refractivity contribution in [1.82, 2.24) is 24.7 Å². The quantitative estimate of drug-likeness (QED) is 0.765. The second-order valence-electron chi connectivity index (χ2n) is 8.27. The van der Waals surface area contributed by atoms with Crippen molar-refractivity contribution in [3.8, 4) is 0 Å². The second-order valence-corrected chi connectivity index (χ2v) is 8.27. The van der Waals surface area contributed by atoms with Crippen LogP contribution in [0.3, 0.4) is 0 Å². The van der Waals surface area contributed by atoms with E-state index in [1.807, 2.05) is 22.9 Å². The molecule has 156 valence electrons. The number of amides is 3. The lowest BCUT2D eigenvalue weighted by Gasteiger charge is -2.35. The first-order chi connectivity index (χ1) is 14.0. The Bertz CT molecular complexity index is 827. The maximum absolute atomic E-state index is 12.9. The number of carbonyl (C=O) groups is 3. The number of fused-ring (bicyclic) bond motifs is 1. The molecule has 0 saturated carbocycles. The van der Waals surface area contributed by atoms with Gasteiger partial charge in [-0.3, -0.25) is 14.4 Å². The number of hydrogen-bond donors (Lipinski definition) is 0. The van der Waals surface area contributed by atoms with Crippen molar-refractivity contribution in [3.05, 3.63) is 23.3 Å². The van der Waals surface area contributed by atoms with E-state index in [2.05, 4.69) is 4.98 Å². The minimum absolute atomic E-state index is 0.0456. The van der Waals surface area contributed by atoms with Gasteiger partial charge in [-0.2, -0.15) is 0 Å². The molecule has 1 aromatic rings. The van der Waals surface area contributed by atoms with E-state index in [4.69, 9.17) is 4.98 Å². The van der Waals surface area contributed by atoms with Gasteiger partial charge in [0.2, 0.25) is 17.7 Å². The van der Waals surface area contributed by atoms with Gasteiger partial charge in [-0.25, -0.2) is 9.97 Å². The Labute approximate surface area is 171 Å². The van der Waals surface area contributed by atoms with Crippen LogP contribution >= 0.6 is 0 Å². The molecule has 3 aliphatic heterocycles. The molecule has 3 amide bonds. The molecule has 0 aliphatic carbocycles. The normalized spacial score (nSPS) is 24.6. The first kappa shape index (κ1) is 19.8. The molecule has 0 N–H and O–H groups in total. The molecule has 2 fully saturated rings. The highest BCUT2D eigenvalue weighted by molar-refractivity contribution is 5.89. The third-order valence-electron chi connectivity index (χ3n) is 6.42. The van der Waals surface area contributed by atoms with E-state index >= 15 is 0 Å². The second kappa shape index (κ2) is 8.08. The lowest BCUT2D eigenvalue weighted by atomic mass is 9.99. The summed E-state index contributed by atoms with van der Waals surface area (Å²) in [6.45, 7) is 6.59. The zero-order valence-corrected chi connectivity index (χ0v) is 17.3. The molecule has 29 heavy (non-hydrogen) atoms. The van der Waals surface area contributed by atoms with Gasteiger partial charge in [0.15, 0.2) is 5.82 Å². The number of hydrogen-bond acceptors (Lipinski definition) is 5. The summed E-state index contributed by atoms with van der Waals surface area (Å²) in [5, 5.41) is 0. The van der Waals surface area contributed by atoms with Gasteiger partial charge in [0.05, 0.1) is 17.7 Å². The largest absolute Gasteiger partial charge is 0.342 e. The van der Waals surface area contributed by atoms with Gasteiger partial charge in [0, 0.05) is 64.2 Å². The molecule has 4 heterocycles. The van der Waals surface area contributed by atoms with E-state index in [0.717, 1.165) is 42.9 Å². The third-order valence-corrected chi connectivity index (χ3v) is 6.42. The number of aromatic nitrogens is 2. The molecular weight excluding hydrogens is 370 g/mol. The van der Waals surface area contributed by atoms with Crippen molar-refractivity contribution in [2.45, 2.75) is 58.5 Å². The monoisotopic (exact) mass is 399 g/mol. The minimum atomic E-state index is -0.240. The van der Waals surface area contributed by atoms with Crippen LogP contribution in [0.5, 0.6) is 0 Å². The predicted octanol–water partition coefficient (Wildman–Crippen LogP) is 1.30.